The average Bonchev–Trinajstić information content (AvgIpc) is 2.63. The zero-order chi connectivity index (χ0) is 20.9. The van der Waals surface area contributed by atoms with Gasteiger partial charge in [0.1, 0.15) is 17.6 Å². The SMILES string of the molecule is COc1ccc(S(=O)(=O)N[C@H](CC(C)C)C(=O)Nc2ccc(F)cc2C)cc1. The Morgan fingerprint density at radius 2 is 1.79 bits per heavy atom. The first-order valence-electron chi connectivity index (χ1n) is 8.86. The van der Waals surface area contributed by atoms with Crippen LogP contribution in [0.25, 0.3) is 0 Å². The number of anilines is 1. The van der Waals surface area contributed by atoms with Crippen LogP contribution in [0.15, 0.2) is 47.4 Å². The molecule has 1 amide bonds. The third-order valence-electron chi connectivity index (χ3n) is 4.14. The fraction of sp³-hybridized carbons (Fsp3) is 0.350. The van der Waals surface area contributed by atoms with E-state index in [1.807, 2.05) is 13.8 Å². The number of benzene rings is 2. The van der Waals surface area contributed by atoms with Gasteiger partial charge in [0.2, 0.25) is 15.9 Å². The predicted molar refractivity (Wildman–Crippen MR) is 106 cm³/mol. The molecule has 0 unspecified atom stereocenters. The summed E-state index contributed by atoms with van der Waals surface area (Å²) in [4.78, 5) is 12.8. The molecule has 0 fully saturated rings. The molecule has 2 aromatic carbocycles. The minimum atomic E-state index is -3.91. The molecule has 6 nitrogen and oxygen atoms in total. The molecule has 0 saturated heterocycles. The van der Waals surface area contributed by atoms with Gasteiger partial charge in [-0.05, 0) is 67.3 Å². The van der Waals surface area contributed by atoms with E-state index in [-0.39, 0.29) is 10.8 Å². The van der Waals surface area contributed by atoms with Gasteiger partial charge in [-0.2, -0.15) is 4.72 Å². The van der Waals surface area contributed by atoms with E-state index in [9.17, 15) is 17.6 Å². The van der Waals surface area contributed by atoms with Crippen LogP contribution in [0.5, 0.6) is 5.75 Å². The molecule has 0 aromatic heterocycles. The summed E-state index contributed by atoms with van der Waals surface area (Å²) in [7, 11) is -2.42. The largest absolute Gasteiger partial charge is 0.497 e. The lowest BCUT2D eigenvalue weighted by Crippen LogP contribution is -2.44. The van der Waals surface area contributed by atoms with Gasteiger partial charge >= 0.3 is 0 Å². The molecule has 0 bridgehead atoms. The number of hydrogen-bond donors (Lipinski definition) is 2. The zero-order valence-electron chi connectivity index (χ0n) is 16.3. The molecule has 0 heterocycles. The third-order valence-corrected chi connectivity index (χ3v) is 5.62. The van der Waals surface area contributed by atoms with E-state index in [0.29, 0.717) is 23.4 Å². The predicted octanol–water partition coefficient (Wildman–Crippen LogP) is 3.47. The first kappa shape index (κ1) is 21.8. The second-order valence-corrected chi connectivity index (χ2v) is 8.64. The second kappa shape index (κ2) is 9.16. The Morgan fingerprint density at radius 3 is 2.32 bits per heavy atom. The molecule has 2 rings (SSSR count). The number of rotatable bonds is 8. The smallest absolute Gasteiger partial charge is 0.242 e. The molecular weight excluding hydrogens is 383 g/mol. The van der Waals surface area contributed by atoms with Crippen molar-refractivity contribution in [3.63, 3.8) is 0 Å². The van der Waals surface area contributed by atoms with E-state index in [0.717, 1.165) is 0 Å². The van der Waals surface area contributed by atoms with Crippen LogP contribution >= 0.6 is 0 Å². The van der Waals surface area contributed by atoms with E-state index in [2.05, 4.69) is 10.0 Å². The van der Waals surface area contributed by atoms with Gasteiger partial charge in [-0.3, -0.25) is 4.79 Å². The summed E-state index contributed by atoms with van der Waals surface area (Å²) in [5.41, 5.74) is 0.985. The van der Waals surface area contributed by atoms with Gasteiger partial charge in [-0.15, -0.1) is 0 Å². The van der Waals surface area contributed by atoms with E-state index in [1.165, 1.54) is 49.6 Å². The third kappa shape index (κ3) is 5.77. The molecule has 0 spiro atoms. The average molecular weight is 408 g/mol. The van der Waals surface area contributed by atoms with Crippen molar-refractivity contribution < 1.29 is 22.3 Å². The monoisotopic (exact) mass is 408 g/mol. The van der Waals surface area contributed by atoms with Gasteiger partial charge in [0, 0.05) is 5.69 Å². The van der Waals surface area contributed by atoms with Crippen molar-refractivity contribution in [1.29, 1.82) is 0 Å². The fourth-order valence-electron chi connectivity index (χ4n) is 2.68. The second-order valence-electron chi connectivity index (χ2n) is 6.93. The zero-order valence-corrected chi connectivity index (χ0v) is 17.1. The van der Waals surface area contributed by atoms with Crippen LogP contribution in [0.3, 0.4) is 0 Å². The Hall–Kier alpha value is -2.45. The first-order chi connectivity index (χ1) is 13.1. The molecule has 0 radical (unpaired) electrons. The Labute approximate surface area is 165 Å². The van der Waals surface area contributed by atoms with Crippen LogP contribution in [0.4, 0.5) is 10.1 Å². The van der Waals surface area contributed by atoms with Crippen molar-refractivity contribution in [2.75, 3.05) is 12.4 Å². The van der Waals surface area contributed by atoms with Crippen molar-refractivity contribution in [3.8, 4) is 5.75 Å². The van der Waals surface area contributed by atoms with Gasteiger partial charge in [-0.25, -0.2) is 12.8 Å². The Morgan fingerprint density at radius 1 is 1.14 bits per heavy atom. The van der Waals surface area contributed by atoms with E-state index in [1.54, 1.807) is 6.92 Å². The van der Waals surface area contributed by atoms with Crippen molar-refractivity contribution >= 4 is 21.6 Å². The molecule has 0 aliphatic carbocycles. The van der Waals surface area contributed by atoms with Crippen molar-refractivity contribution in [2.45, 2.75) is 38.1 Å². The highest BCUT2D eigenvalue weighted by atomic mass is 32.2. The number of sulfonamides is 1. The molecule has 1 atom stereocenters. The molecule has 152 valence electrons. The Bertz CT molecular complexity index is 928. The molecule has 28 heavy (non-hydrogen) atoms. The molecule has 0 saturated carbocycles. The molecule has 2 aromatic rings. The molecule has 0 aliphatic rings. The lowest BCUT2D eigenvalue weighted by atomic mass is 10.0. The summed E-state index contributed by atoms with van der Waals surface area (Å²) in [5, 5.41) is 2.68. The summed E-state index contributed by atoms with van der Waals surface area (Å²) in [5.74, 6) is -0.305. The highest BCUT2D eigenvalue weighted by Gasteiger charge is 2.27. The van der Waals surface area contributed by atoms with Crippen LogP contribution < -0.4 is 14.8 Å². The minimum Gasteiger partial charge on any atom is -0.497 e. The lowest BCUT2D eigenvalue weighted by Gasteiger charge is -2.21. The highest BCUT2D eigenvalue weighted by molar-refractivity contribution is 7.89. The maximum atomic E-state index is 13.3. The summed E-state index contributed by atoms with van der Waals surface area (Å²) in [6.45, 7) is 5.45. The number of nitrogens with one attached hydrogen (secondary N) is 2. The van der Waals surface area contributed by atoms with E-state index < -0.39 is 27.8 Å². The summed E-state index contributed by atoms with van der Waals surface area (Å²) >= 11 is 0. The van der Waals surface area contributed by atoms with Gasteiger partial charge < -0.3 is 10.1 Å². The molecule has 0 aliphatic heterocycles. The van der Waals surface area contributed by atoms with Gasteiger partial charge in [0.05, 0.1) is 12.0 Å². The summed E-state index contributed by atoms with van der Waals surface area (Å²) in [6, 6.07) is 8.91. The van der Waals surface area contributed by atoms with Crippen molar-refractivity contribution in [1.82, 2.24) is 4.72 Å². The number of amides is 1. The van der Waals surface area contributed by atoms with Crippen LogP contribution in [-0.2, 0) is 14.8 Å². The van der Waals surface area contributed by atoms with Crippen LogP contribution in [-0.4, -0.2) is 27.5 Å². The van der Waals surface area contributed by atoms with Crippen molar-refractivity contribution in [2.24, 2.45) is 5.92 Å². The van der Waals surface area contributed by atoms with E-state index in [4.69, 9.17) is 4.74 Å². The minimum absolute atomic E-state index is 0.0350. The number of methoxy groups -OCH3 is 1. The highest BCUT2D eigenvalue weighted by Crippen LogP contribution is 2.19. The van der Waals surface area contributed by atoms with Crippen LogP contribution in [0.1, 0.15) is 25.8 Å². The maximum Gasteiger partial charge on any atom is 0.242 e. The van der Waals surface area contributed by atoms with Crippen LogP contribution in [0.2, 0.25) is 0 Å². The number of halogens is 1. The number of carbonyl (C=O) groups excluding carboxylic acids is 1. The van der Waals surface area contributed by atoms with Gasteiger partial charge in [-0.1, -0.05) is 13.8 Å². The van der Waals surface area contributed by atoms with E-state index >= 15 is 0 Å². The summed E-state index contributed by atoms with van der Waals surface area (Å²) in [6.07, 6.45) is 0.307. The first-order valence-corrected chi connectivity index (χ1v) is 10.3. The topological polar surface area (TPSA) is 84.5 Å². The number of carbonyl (C=O) groups is 1. The fourth-order valence-corrected chi connectivity index (χ4v) is 3.89. The molecular formula is C20H25FN2O4S. The normalized spacial score (nSPS) is 12.6. The van der Waals surface area contributed by atoms with Crippen molar-refractivity contribution in [3.05, 3.63) is 53.8 Å². The van der Waals surface area contributed by atoms with Crippen LogP contribution in [0, 0.1) is 18.7 Å². The number of aryl methyl sites for hydroxylation is 1. The Kier molecular flexibility index (Phi) is 7.15. The summed E-state index contributed by atoms with van der Waals surface area (Å²) < 4.78 is 46.2. The maximum absolute atomic E-state index is 13.3. The molecule has 2 N–H and O–H groups in total. The van der Waals surface area contributed by atoms with Gasteiger partial charge in [0.15, 0.2) is 0 Å². The lowest BCUT2D eigenvalue weighted by molar-refractivity contribution is -0.118. The van der Waals surface area contributed by atoms with Gasteiger partial charge in [0.25, 0.3) is 0 Å². The molecule has 8 heteroatoms. The Balaban J connectivity index is 2.22. The standard InChI is InChI=1S/C20H25FN2O4S/c1-13(2)11-19(20(24)22-18-10-5-15(21)12-14(18)3)23-28(25,26)17-8-6-16(27-4)7-9-17/h5-10,12-13,19,23H,11H2,1-4H3,(H,22,24)/t19-/m1/s1. The number of hydrogen-bond acceptors (Lipinski definition) is 4. The number of ether oxygens (including phenoxy) is 1. The quantitative estimate of drug-likeness (QED) is 0.700.